The van der Waals surface area contributed by atoms with Gasteiger partial charge >= 0.3 is 0 Å². The van der Waals surface area contributed by atoms with Crippen LogP contribution in [0.2, 0.25) is 0 Å². The lowest BCUT2D eigenvalue weighted by Crippen LogP contribution is -1.98. The van der Waals surface area contributed by atoms with Crippen LogP contribution >= 0.6 is 27.5 Å². The zero-order valence-electron chi connectivity index (χ0n) is 9.19. The first-order valence-electron chi connectivity index (χ1n) is 5.63. The Labute approximate surface area is 113 Å². The van der Waals surface area contributed by atoms with Crippen molar-refractivity contribution >= 4 is 32.6 Å². The molecular weight excluding hydrogens is 298 g/mol. The summed E-state index contributed by atoms with van der Waals surface area (Å²) >= 11 is 4.89. The van der Waals surface area contributed by atoms with E-state index < -0.39 is 0 Å². The summed E-state index contributed by atoms with van der Waals surface area (Å²) in [7, 11) is 0. The molecule has 1 aromatic carbocycles. The van der Waals surface area contributed by atoms with E-state index in [0.717, 1.165) is 22.0 Å². The Kier molecular flexibility index (Phi) is 3.11. The molecule has 0 saturated heterocycles. The van der Waals surface area contributed by atoms with Gasteiger partial charge in [-0.3, -0.25) is 0 Å². The molecule has 0 amide bonds. The van der Waals surface area contributed by atoms with Crippen molar-refractivity contribution < 1.29 is 0 Å². The van der Waals surface area contributed by atoms with E-state index in [0.29, 0.717) is 5.92 Å². The molecule has 1 aromatic heterocycles. The molecule has 0 spiro atoms. The van der Waals surface area contributed by atoms with Crippen LogP contribution in [0, 0.1) is 0 Å². The molecule has 1 N–H and O–H groups in total. The Morgan fingerprint density at radius 1 is 1.29 bits per heavy atom. The maximum atomic E-state index is 4.49. The number of nitrogens with zero attached hydrogens (tertiary/aromatic N) is 2. The molecule has 0 bridgehead atoms. The second-order valence-corrected chi connectivity index (χ2v) is 5.88. The van der Waals surface area contributed by atoms with Gasteiger partial charge in [-0.1, -0.05) is 28.1 Å². The predicted molar refractivity (Wildman–Crippen MR) is 73.4 cm³/mol. The molecule has 0 atom stereocenters. The van der Waals surface area contributed by atoms with Gasteiger partial charge < -0.3 is 5.32 Å². The molecule has 1 saturated carbocycles. The summed E-state index contributed by atoms with van der Waals surface area (Å²) in [5.41, 5.74) is 1.25. The van der Waals surface area contributed by atoms with Crippen LogP contribution in [0.3, 0.4) is 0 Å². The van der Waals surface area contributed by atoms with Gasteiger partial charge in [0.15, 0.2) is 0 Å². The van der Waals surface area contributed by atoms with E-state index in [1.54, 1.807) is 0 Å². The van der Waals surface area contributed by atoms with Crippen LogP contribution < -0.4 is 5.32 Å². The van der Waals surface area contributed by atoms with E-state index in [4.69, 9.17) is 0 Å². The molecular formula is C12H12BrN3S. The SMILES string of the molecule is Brc1ccc(CNc2nc(C3CC3)ns2)cc1. The molecule has 88 valence electrons. The zero-order valence-corrected chi connectivity index (χ0v) is 11.6. The van der Waals surface area contributed by atoms with Crippen LogP contribution in [-0.2, 0) is 6.54 Å². The van der Waals surface area contributed by atoms with Crippen LogP contribution in [-0.4, -0.2) is 9.36 Å². The van der Waals surface area contributed by atoms with Gasteiger partial charge in [-0.15, -0.1) is 0 Å². The average molecular weight is 310 g/mol. The van der Waals surface area contributed by atoms with Gasteiger partial charge in [-0.25, -0.2) is 4.98 Å². The van der Waals surface area contributed by atoms with Gasteiger partial charge in [0.05, 0.1) is 0 Å². The van der Waals surface area contributed by atoms with Crippen LogP contribution in [0.1, 0.15) is 30.1 Å². The topological polar surface area (TPSA) is 37.8 Å². The number of anilines is 1. The highest BCUT2D eigenvalue weighted by Gasteiger charge is 2.27. The van der Waals surface area contributed by atoms with E-state index in [1.807, 2.05) is 12.1 Å². The molecule has 5 heteroatoms. The van der Waals surface area contributed by atoms with E-state index in [2.05, 4.69) is 42.7 Å². The van der Waals surface area contributed by atoms with Crippen molar-refractivity contribution in [2.45, 2.75) is 25.3 Å². The molecule has 1 fully saturated rings. The Bertz CT molecular complexity index is 505. The third kappa shape index (κ3) is 2.84. The van der Waals surface area contributed by atoms with Crippen molar-refractivity contribution in [2.75, 3.05) is 5.32 Å². The number of halogens is 1. The van der Waals surface area contributed by atoms with Gasteiger partial charge in [-0.05, 0) is 30.5 Å². The van der Waals surface area contributed by atoms with E-state index >= 15 is 0 Å². The van der Waals surface area contributed by atoms with Crippen molar-refractivity contribution in [3.8, 4) is 0 Å². The molecule has 2 aromatic rings. The molecule has 1 aliphatic rings. The Hall–Kier alpha value is -0.940. The zero-order chi connectivity index (χ0) is 11.7. The van der Waals surface area contributed by atoms with Crippen LogP contribution in [0.15, 0.2) is 28.7 Å². The van der Waals surface area contributed by atoms with Gasteiger partial charge in [0.1, 0.15) is 5.82 Å². The second kappa shape index (κ2) is 4.74. The fraction of sp³-hybridized carbons (Fsp3) is 0.333. The van der Waals surface area contributed by atoms with Crippen molar-refractivity contribution in [1.82, 2.24) is 9.36 Å². The monoisotopic (exact) mass is 309 g/mol. The van der Waals surface area contributed by atoms with Crippen molar-refractivity contribution in [1.29, 1.82) is 0 Å². The van der Waals surface area contributed by atoms with Crippen LogP contribution in [0.25, 0.3) is 0 Å². The number of hydrogen-bond acceptors (Lipinski definition) is 4. The molecule has 1 heterocycles. The third-order valence-electron chi connectivity index (χ3n) is 2.74. The van der Waals surface area contributed by atoms with Gasteiger partial charge in [0.2, 0.25) is 5.13 Å². The fourth-order valence-corrected chi connectivity index (χ4v) is 2.50. The maximum absolute atomic E-state index is 4.49. The summed E-state index contributed by atoms with van der Waals surface area (Å²) < 4.78 is 5.47. The normalized spacial score (nSPS) is 14.9. The number of aromatic nitrogens is 2. The highest BCUT2D eigenvalue weighted by molar-refractivity contribution is 9.10. The number of benzene rings is 1. The molecule has 1 aliphatic carbocycles. The van der Waals surface area contributed by atoms with Crippen LogP contribution in [0.5, 0.6) is 0 Å². The molecule has 0 unspecified atom stereocenters. The second-order valence-electron chi connectivity index (χ2n) is 4.21. The summed E-state index contributed by atoms with van der Waals surface area (Å²) in [6, 6.07) is 8.29. The molecule has 3 nitrogen and oxygen atoms in total. The lowest BCUT2D eigenvalue weighted by atomic mass is 10.2. The highest BCUT2D eigenvalue weighted by atomic mass is 79.9. The van der Waals surface area contributed by atoms with Gasteiger partial charge in [0, 0.05) is 28.5 Å². The minimum atomic E-state index is 0.634. The summed E-state index contributed by atoms with van der Waals surface area (Å²) in [6.07, 6.45) is 2.51. The average Bonchev–Trinajstić information content (AvgIpc) is 3.09. The van der Waals surface area contributed by atoms with Gasteiger partial charge in [-0.2, -0.15) is 4.37 Å². The van der Waals surface area contributed by atoms with E-state index in [1.165, 1.54) is 29.9 Å². The van der Waals surface area contributed by atoms with Crippen LogP contribution in [0.4, 0.5) is 5.13 Å². The summed E-state index contributed by atoms with van der Waals surface area (Å²) in [5, 5.41) is 4.24. The first-order valence-corrected chi connectivity index (χ1v) is 7.20. The third-order valence-corrected chi connectivity index (χ3v) is 3.96. The molecule has 17 heavy (non-hydrogen) atoms. The Morgan fingerprint density at radius 3 is 2.76 bits per heavy atom. The standard InChI is InChI=1S/C12H12BrN3S/c13-10-5-1-8(2-6-10)7-14-12-15-11(16-17-12)9-3-4-9/h1-2,5-6,9H,3-4,7H2,(H,14,15,16). The Morgan fingerprint density at radius 2 is 2.06 bits per heavy atom. The summed E-state index contributed by atoms with van der Waals surface area (Å²) in [6.45, 7) is 0.798. The van der Waals surface area contributed by atoms with E-state index in [9.17, 15) is 0 Å². The predicted octanol–water partition coefficient (Wildman–Crippen LogP) is 3.79. The fourth-order valence-electron chi connectivity index (χ4n) is 1.59. The number of hydrogen-bond donors (Lipinski definition) is 1. The first kappa shape index (κ1) is 11.2. The highest BCUT2D eigenvalue weighted by Crippen LogP contribution is 2.39. The molecule has 3 rings (SSSR count). The smallest absolute Gasteiger partial charge is 0.202 e. The minimum absolute atomic E-state index is 0.634. The summed E-state index contributed by atoms with van der Waals surface area (Å²) in [4.78, 5) is 4.49. The largest absolute Gasteiger partial charge is 0.356 e. The first-order chi connectivity index (χ1) is 8.31. The lowest BCUT2D eigenvalue weighted by molar-refractivity contribution is 0.980. The minimum Gasteiger partial charge on any atom is -0.356 e. The van der Waals surface area contributed by atoms with Crippen molar-refractivity contribution in [2.24, 2.45) is 0 Å². The van der Waals surface area contributed by atoms with Gasteiger partial charge in [0.25, 0.3) is 0 Å². The Balaban J connectivity index is 1.60. The summed E-state index contributed by atoms with van der Waals surface area (Å²) in [5.74, 6) is 1.66. The quantitative estimate of drug-likeness (QED) is 0.933. The maximum Gasteiger partial charge on any atom is 0.202 e. The van der Waals surface area contributed by atoms with Crippen molar-refractivity contribution in [3.63, 3.8) is 0 Å². The lowest BCUT2D eigenvalue weighted by Gasteiger charge is -2.02. The number of nitrogens with one attached hydrogen (secondary N) is 1. The van der Waals surface area contributed by atoms with E-state index in [-0.39, 0.29) is 0 Å². The number of rotatable bonds is 4. The molecule has 0 radical (unpaired) electrons. The van der Waals surface area contributed by atoms with Crippen molar-refractivity contribution in [3.05, 3.63) is 40.1 Å². The molecule has 0 aliphatic heterocycles.